The Morgan fingerprint density at radius 1 is 1.33 bits per heavy atom. The monoisotopic (exact) mass is 523 g/mol. The van der Waals surface area contributed by atoms with Crippen LogP contribution in [0.1, 0.15) is 0 Å². The molecule has 0 aliphatic carbocycles. The Morgan fingerprint density at radius 2 is 2.14 bits per heavy atom. The van der Waals surface area contributed by atoms with Crippen molar-refractivity contribution in [3.05, 3.63) is 48.4 Å². The lowest BCUT2D eigenvalue weighted by molar-refractivity contribution is -0.139. The van der Waals surface area contributed by atoms with Gasteiger partial charge in [0, 0.05) is 42.6 Å². The molecule has 3 aromatic heterocycles. The molecule has 2 N–H and O–H groups in total. The average molecular weight is 524 g/mol. The summed E-state index contributed by atoms with van der Waals surface area (Å²) in [6, 6.07) is 2.09. The van der Waals surface area contributed by atoms with Crippen molar-refractivity contribution in [1.82, 2.24) is 30.2 Å². The van der Waals surface area contributed by atoms with E-state index in [4.69, 9.17) is 16.3 Å². The van der Waals surface area contributed by atoms with E-state index in [0.29, 0.717) is 33.3 Å². The predicted molar refractivity (Wildman–Crippen MR) is 125 cm³/mol. The van der Waals surface area contributed by atoms with Gasteiger partial charge in [0.2, 0.25) is 5.91 Å². The van der Waals surface area contributed by atoms with Crippen molar-refractivity contribution < 1.29 is 27.5 Å². The second kappa shape index (κ2) is 10.4. The number of rotatable bonds is 6. The summed E-state index contributed by atoms with van der Waals surface area (Å²) in [6.45, 7) is 2.00. The van der Waals surface area contributed by atoms with E-state index in [2.05, 4.69) is 26.5 Å². The summed E-state index contributed by atoms with van der Waals surface area (Å²) in [7, 11) is 0. The van der Waals surface area contributed by atoms with Crippen molar-refractivity contribution in [2.45, 2.75) is 12.2 Å². The Bertz CT molecular complexity index is 1280. The topological polar surface area (TPSA) is 116 Å². The van der Waals surface area contributed by atoms with Gasteiger partial charge < -0.3 is 24.8 Å². The number of pyridine rings is 1. The Hall–Kier alpha value is -3.87. The van der Waals surface area contributed by atoms with E-state index in [1.807, 2.05) is 5.32 Å². The number of H-pyrrole nitrogens is 1. The van der Waals surface area contributed by atoms with Gasteiger partial charge >= 0.3 is 12.3 Å². The van der Waals surface area contributed by atoms with Crippen LogP contribution in [0.4, 0.5) is 23.8 Å². The number of ether oxygens (including phenoxy) is 1. The molecule has 190 valence electrons. The molecule has 0 saturated carbocycles. The van der Waals surface area contributed by atoms with E-state index < -0.39 is 30.8 Å². The number of carbonyl (C=O) groups excluding carboxylic acids is 2. The van der Waals surface area contributed by atoms with Crippen molar-refractivity contribution >= 4 is 40.5 Å². The van der Waals surface area contributed by atoms with E-state index in [1.165, 1.54) is 28.3 Å². The third-order valence-electron chi connectivity index (χ3n) is 5.40. The van der Waals surface area contributed by atoms with Gasteiger partial charge in [0.05, 0.1) is 11.6 Å². The van der Waals surface area contributed by atoms with E-state index in [9.17, 15) is 22.8 Å². The fourth-order valence-electron chi connectivity index (χ4n) is 3.78. The molecular formula is C22H21ClF3N7O3. The molecule has 1 aliphatic rings. The van der Waals surface area contributed by atoms with Crippen LogP contribution in [0.5, 0.6) is 0 Å². The van der Waals surface area contributed by atoms with E-state index in [0.717, 1.165) is 0 Å². The summed E-state index contributed by atoms with van der Waals surface area (Å²) in [5.41, 5.74) is 1.17. The number of halogens is 4. The number of nitrogens with zero attached hydrogens (tertiary/aromatic N) is 5. The maximum absolute atomic E-state index is 12.8. The Morgan fingerprint density at radius 3 is 2.89 bits per heavy atom. The SMILES string of the molecule is C=CCOC(=O)N1CCN(c2ccnc(-c3c[nH]c4ncc(Cl)cc34)n2)[C@H](C(=O)NCC(F)(F)F)C1. The number of aromatic nitrogens is 4. The zero-order valence-electron chi connectivity index (χ0n) is 18.8. The molecule has 0 spiro atoms. The van der Waals surface area contributed by atoms with Gasteiger partial charge in [0.25, 0.3) is 0 Å². The molecule has 4 rings (SSSR count). The maximum Gasteiger partial charge on any atom is 0.410 e. The smallest absolute Gasteiger partial charge is 0.410 e. The first kappa shape index (κ1) is 25.2. The second-order valence-electron chi connectivity index (χ2n) is 7.84. The molecule has 0 aromatic carbocycles. The number of amides is 2. The number of fused-ring (bicyclic) bond motifs is 1. The van der Waals surface area contributed by atoms with Crippen LogP contribution in [-0.2, 0) is 9.53 Å². The summed E-state index contributed by atoms with van der Waals surface area (Å²) in [5, 5.41) is 2.99. The van der Waals surface area contributed by atoms with Crippen LogP contribution < -0.4 is 10.2 Å². The molecule has 36 heavy (non-hydrogen) atoms. The van der Waals surface area contributed by atoms with Crippen LogP contribution in [-0.4, -0.2) is 81.8 Å². The normalized spacial score (nSPS) is 16.2. The van der Waals surface area contributed by atoms with Crippen molar-refractivity contribution in [1.29, 1.82) is 0 Å². The number of aromatic amines is 1. The highest BCUT2D eigenvalue weighted by Crippen LogP contribution is 2.29. The quantitative estimate of drug-likeness (QED) is 0.477. The molecule has 1 fully saturated rings. The van der Waals surface area contributed by atoms with Gasteiger partial charge in [0.15, 0.2) is 5.82 Å². The van der Waals surface area contributed by atoms with Crippen molar-refractivity contribution in [2.24, 2.45) is 0 Å². The highest BCUT2D eigenvalue weighted by atomic mass is 35.5. The van der Waals surface area contributed by atoms with Gasteiger partial charge in [-0.15, -0.1) is 0 Å². The average Bonchev–Trinajstić information content (AvgIpc) is 3.28. The van der Waals surface area contributed by atoms with Crippen LogP contribution in [0.2, 0.25) is 5.02 Å². The minimum atomic E-state index is -4.59. The van der Waals surface area contributed by atoms with Crippen molar-refractivity contribution in [3.8, 4) is 11.4 Å². The summed E-state index contributed by atoms with van der Waals surface area (Å²) >= 11 is 6.08. The number of piperazine rings is 1. The summed E-state index contributed by atoms with van der Waals surface area (Å²) < 4.78 is 43.3. The first-order valence-electron chi connectivity index (χ1n) is 10.8. The highest BCUT2D eigenvalue weighted by Gasteiger charge is 2.37. The molecule has 1 aliphatic heterocycles. The number of anilines is 1. The van der Waals surface area contributed by atoms with Gasteiger partial charge in [-0.2, -0.15) is 13.2 Å². The summed E-state index contributed by atoms with van der Waals surface area (Å²) in [6.07, 6.45) is 0.722. The molecule has 3 aromatic rings. The number of carbonyl (C=O) groups is 2. The predicted octanol–water partition coefficient (Wildman–Crippen LogP) is 3.17. The highest BCUT2D eigenvalue weighted by molar-refractivity contribution is 6.31. The van der Waals surface area contributed by atoms with E-state index in [-0.39, 0.29) is 26.2 Å². The van der Waals surface area contributed by atoms with Crippen LogP contribution in [0.15, 0.2) is 43.4 Å². The Balaban J connectivity index is 1.63. The molecular weight excluding hydrogens is 503 g/mol. The number of nitrogens with one attached hydrogen (secondary N) is 2. The lowest BCUT2D eigenvalue weighted by Crippen LogP contribution is -2.61. The van der Waals surface area contributed by atoms with Gasteiger partial charge in [-0.3, -0.25) is 4.79 Å². The number of hydrogen-bond acceptors (Lipinski definition) is 7. The van der Waals surface area contributed by atoms with Crippen LogP contribution in [0.25, 0.3) is 22.4 Å². The van der Waals surface area contributed by atoms with Crippen molar-refractivity contribution in [2.75, 3.05) is 37.7 Å². The third-order valence-corrected chi connectivity index (χ3v) is 5.61. The zero-order valence-corrected chi connectivity index (χ0v) is 19.5. The minimum absolute atomic E-state index is 0.0389. The minimum Gasteiger partial charge on any atom is -0.445 e. The first-order valence-corrected chi connectivity index (χ1v) is 11.1. The maximum atomic E-state index is 12.8. The number of hydrogen-bond donors (Lipinski definition) is 2. The van der Waals surface area contributed by atoms with Gasteiger partial charge in [0.1, 0.15) is 30.7 Å². The lowest BCUT2D eigenvalue weighted by atomic mass is 10.1. The standard InChI is InChI=1S/C22H21ClF3N7O3/c1-2-7-36-21(35)32-5-6-33(16(11-32)20(34)30-12-22(24,25)26)17-3-4-27-19(31-17)15-10-29-18-14(15)8-13(23)9-28-18/h2-4,8-10,16H,1,5-7,11-12H2,(H,28,29)(H,30,34)/t16-/m0/s1. The fraction of sp³-hybridized carbons (Fsp3) is 0.318. The van der Waals surface area contributed by atoms with E-state index in [1.54, 1.807) is 18.3 Å². The molecule has 0 radical (unpaired) electrons. The van der Waals surface area contributed by atoms with Gasteiger partial charge in [-0.25, -0.2) is 19.7 Å². The van der Waals surface area contributed by atoms with Crippen LogP contribution >= 0.6 is 11.6 Å². The summed E-state index contributed by atoms with van der Waals surface area (Å²) in [4.78, 5) is 44.0. The molecule has 4 heterocycles. The van der Waals surface area contributed by atoms with Crippen LogP contribution in [0, 0.1) is 0 Å². The fourth-order valence-corrected chi connectivity index (χ4v) is 3.93. The van der Waals surface area contributed by atoms with Gasteiger partial charge in [-0.05, 0) is 12.1 Å². The van der Waals surface area contributed by atoms with Crippen molar-refractivity contribution in [3.63, 3.8) is 0 Å². The summed E-state index contributed by atoms with van der Waals surface area (Å²) in [5.74, 6) is -0.308. The molecule has 0 unspecified atom stereocenters. The zero-order chi connectivity index (χ0) is 25.9. The Kier molecular flexibility index (Phi) is 7.29. The molecule has 1 atom stereocenters. The van der Waals surface area contributed by atoms with Gasteiger partial charge in [-0.1, -0.05) is 24.3 Å². The first-order chi connectivity index (χ1) is 17.2. The lowest BCUT2D eigenvalue weighted by Gasteiger charge is -2.40. The van der Waals surface area contributed by atoms with E-state index >= 15 is 0 Å². The second-order valence-corrected chi connectivity index (χ2v) is 8.28. The molecule has 10 nitrogen and oxygen atoms in total. The molecule has 2 amide bonds. The Labute approximate surface area is 208 Å². The molecule has 14 heteroatoms. The molecule has 1 saturated heterocycles. The third kappa shape index (κ3) is 5.67. The number of alkyl halides is 3. The van der Waals surface area contributed by atoms with Crippen LogP contribution in [0.3, 0.4) is 0 Å². The molecule has 0 bridgehead atoms. The largest absolute Gasteiger partial charge is 0.445 e.